The summed E-state index contributed by atoms with van der Waals surface area (Å²) in [7, 11) is 2.88. The summed E-state index contributed by atoms with van der Waals surface area (Å²) in [4.78, 5) is 23.2. The summed E-state index contributed by atoms with van der Waals surface area (Å²) in [6.07, 6.45) is 2.35. The number of methoxy groups -OCH3 is 2. The van der Waals surface area contributed by atoms with Crippen molar-refractivity contribution in [3.05, 3.63) is 47.5 Å². The molecule has 0 aromatic heterocycles. The zero-order valence-corrected chi connectivity index (χ0v) is 16.9. The molecule has 2 aromatic carbocycles. The minimum absolute atomic E-state index is 0.166. The van der Waals surface area contributed by atoms with Gasteiger partial charge in [0.2, 0.25) is 5.75 Å². The van der Waals surface area contributed by atoms with Crippen molar-refractivity contribution in [3.63, 3.8) is 0 Å². The molecule has 2 rings (SSSR count). The van der Waals surface area contributed by atoms with Crippen LogP contribution in [0.2, 0.25) is 0 Å². The van der Waals surface area contributed by atoms with Crippen LogP contribution in [0.3, 0.4) is 0 Å². The number of rotatable bonds is 9. The monoisotopic (exact) mass is 400 g/mol. The number of hydrogen-bond acceptors (Lipinski definition) is 7. The Balaban J connectivity index is 1.97. The number of hydrogen-bond donors (Lipinski definition) is 1. The van der Waals surface area contributed by atoms with Crippen LogP contribution in [0.4, 0.5) is 0 Å². The van der Waals surface area contributed by atoms with E-state index in [9.17, 15) is 9.59 Å². The van der Waals surface area contributed by atoms with E-state index in [1.807, 2.05) is 24.3 Å². The third-order valence-electron chi connectivity index (χ3n) is 3.83. The van der Waals surface area contributed by atoms with Crippen LogP contribution in [0.25, 0.3) is 0 Å². The van der Waals surface area contributed by atoms with Crippen molar-refractivity contribution in [2.24, 2.45) is 5.10 Å². The number of amides is 1. The molecule has 0 saturated carbocycles. The Morgan fingerprint density at radius 3 is 2.21 bits per heavy atom. The van der Waals surface area contributed by atoms with Crippen molar-refractivity contribution in [3.8, 4) is 23.0 Å². The average molecular weight is 400 g/mol. The van der Waals surface area contributed by atoms with Gasteiger partial charge in [-0.15, -0.1) is 0 Å². The summed E-state index contributed by atoms with van der Waals surface area (Å²) in [6.45, 7) is 3.18. The molecule has 0 saturated heterocycles. The Labute approximate surface area is 169 Å². The van der Waals surface area contributed by atoms with Gasteiger partial charge in [0.15, 0.2) is 18.1 Å². The molecule has 29 heavy (non-hydrogen) atoms. The maximum absolute atomic E-state index is 11.9. The van der Waals surface area contributed by atoms with E-state index in [1.54, 1.807) is 12.1 Å². The number of nitrogens with zero attached hydrogens (tertiary/aromatic N) is 1. The summed E-state index contributed by atoms with van der Waals surface area (Å²) < 4.78 is 21.0. The zero-order valence-electron chi connectivity index (χ0n) is 16.9. The molecular weight excluding hydrogens is 376 g/mol. The Morgan fingerprint density at radius 1 is 1.07 bits per heavy atom. The van der Waals surface area contributed by atoms with Gasteiger partial charge in [-0.05, 0) is 36.2 Å². The van der Waals surface area contributed by atoms with E-state index in [-0.39, 0.29) is 12.4 Å². The third kappa shape index (κ3) is 6.53. The van der Waals surface area contributed by atoms with E-state index in [0.717, 1.165) is 6.42 Å². The second kappa shape index (κ2) is 10.7. The zero-order chi connectivity index (χ0) is 21.2. The SMILES string of the molecule is CCc1ccc(OCC(=O)NN=Cc2cc(OC)c(OC(C)=O)c(OC)c2)cc1. The van der Waals surface area contributed by atoms with E-state index in [4.69, 9.17) is 18.9 Å². The predicted octanol–water partition coefficient (Wildman–Crippen LogP) is 2.72. The molecule has 154 valence electrons. The normalized spacial score (nSPS) is 10.5. The number of carbonyl (C=O) groups excluding carboxylic acids is 2. The smallest absolute Gasteiger partial charge is 0.308 e. The number of nitrogens with one attached hydrogen (secondary N) is 1. The molecule has 0 unspecified atom stereocenters. The molecule has 0 heterocycles. The standard InChI is InChI=1S/C21H24N2O6/c1-5-15-6-8-17(9-7-15)28-13-20(25)23-22-12-16-10-18(26-3)21(29-14(2)24)19(11-16)27-4/h6-12H,5,13H2,1-4H3,(H,23,25). The van der Waals surface area contributed by atoms with Crippen molar-refractivity contribution in [2.45, 2.75) is 20.3 Å². The first-order valence-corrected chi connectivity index (χ1v) is 8.94. The van der Waals surface area contributed by atoms with E-state index >= 15 is 0 Å². The number of carbonyl (C=O) groups is 2. The predicted molar refractivity (Wildman–Crippen MR) is 108 cm³/mol. The van der Waals surface area contributed by atoms with Crippen LogP contribution in [0.15, 0.2) is 41.5 Å². The van der Waals surface area contributed by atoms with Crippen LogP contribution in [0, 0.1) is 0 Å². The summed E-state index contributed by atoms with van der Waals surface area (Å²) in [5.74, 6) is 0.469. The highest BCUT2D eigenvalue weighted by atomic mass is 16.6. The number of ether oxygens (including phenoxy) is 4. The molecule has 2 aromatic rings. The second-order valence-electron chi connectivity index (χ2n) is 5.93. The summed E-state index contributed by atoms with van der Waals surface area (Å²) in [5, 5.41) is 3.90. The van der Waals surface area contributed by atoms with Crippen LogP contribution in [-0.4, -0.2) is 38.9 Å². The Morgan fingerprint density at radius 2 is 1.69 bits per heavy atom. The van der Waals surface area contributed by atoms with Gasteiger partial charge in [-0.3, -0.25) is 9.59 Å². The number of aryl methyl sites for hydroxylation is 1. The highest BCUT2D eigenvalue weighted by molar-refractivity contribution is 5.85. The maximum Gasteiger partial charge on any atom is 0.308 e. The highest BCUT2D eigenvalue weighted by Gasteiger charge is 2.15. The largest absolute Gasteiger partial charge is 0.493 e. The van der Waals surface area contributed by atoms with Gasteiger partial charge in [0.25, 0.3) is 5.91 Å². The summed E-state index contributed by atoms with van der Waals surface area (Å²) >= 11 is 0. The summed E-state index contributed by atoms with van der Waals surface area (Å²) in [6, 6.07) is 10.7. The second-order valence-corrected chi connectivity index (χ2v) is 5.93. The van der Waals surface area contributed by atoms with Crippen LogP contribution in [0.5, 0.6) is 23.0 Å². The Bertz CT molecular complexity index is 852. The lowest BCUT2D eigenvalue weighted by atomic mass is 10.2. The molecule has 8 heteroatoms. The van der Waals surface area contributed by atoms with Crippen LogP contribution in [-0.2, 0) is 16.0 Å². The van der Waals surface area contributed by atoms with Gasteiger partial charge >= 0.3 is 5.97 Å². The van der Waals surface area contributed by atoms with Gasteiger partial charge in [-0.1, -0.05) is 19.1 Å². The molecular formula is C21H24N2O6. The first kappa shape index (κ1) is 21.7. The quantitative estimate of drug-likeness (QED) is 0.301. The van der Waals surface area contributed by atoms with E-state index < -0.39 is 11.9 Å². The van der Waals surface area contributed by atoms with Gasteiger partial charge < -0.3 is 18.9 Å². The van der Waals surface area contributed by atoms with E-state index in [1.165, 1.54) is 32.9 Å². The first-order chi connectivity index (χ1) is 14.0. The molecule has 1 amide bonds. The third-order valence-corrected chi connectivity index (χ3v) is 3.83. The lowest BCUT2D eigenvalue weighted by Gasteiger charge is -2.13. The summed E-state index contributed by atoms with van der Waals surface area (Å²) in [5.41, 5.74) is 4.15. The fourth-order valence-electron chi connectivity index (χ4n) is 2.40. The molecule has 1 N–H and O–H groups in total. The van der Waals surface area contributed by atoms with Crippen molar-refractivity contribution in [1.82, 2.24) is 5.43 Å². The van der Waals surface area contributed by atoms with E-state index in [0.29, 0.717) is 22.8 Å². The van der Waals surface area contributed by atoms with E-state index in [2.05, 4.69) is 17.5 Å². The molecule has 0 atom stereocenters. The maximum atomic E-state index is 11.9. The average Bonchev–Trinajstić information content (AvgIpc) is 2.72. The molecule has 0 bridgehead atoms. The number of benzene rings is 2. The molecule has 0 aliphatic rings. The number of esters is 1. The van der Waals surface area contributed by atoms with Crippen molar-refractivity contribution in [1.29, 1.82) is 0 Å². The minimum Gasteiger partial charge on any atom is -0.493 e. The van der Waals surface area contributed by atoms with Crippen LogP contribution in [0.1, 0.15) is 25.0 Å². The van der Waals surface area contributed by atoms with Gasteiger partial charge in [0.1, 0.15) is 5.75 Å². The van der Waals surface area contributed by atoms with Gasteiger partial charge in [0, 0.05) is 12.5 Å². The van der Waals surface area contributed by atoms with Gasteiger partial charge in [-0.2, -0.15) is 5.10 Å². The fraction of sp³-hybridized carbons (Fsp3) is 0.286. The van der Waals surface area contributed by atoms with Crippen molar-refractivity contribution >= 4 is 18.1 Å². The fourth-order valence-corrected chi connectivity index (χ4v) is 2.40. The molecule has 0 fully saturated rings. The topological polar surface area (TPSA) is 95.5 Å². The van der Waals surface area contributed by atoms with Gasteiger partial charge in [0.05, 0.1) is 20.4 Å². The van der Waals surface area contributed by atoms with Crippen molar-refractivity contribution < 1.29 is 28.5 Å². The molecule has 0 aliphatic carbocycles. The minimum atomic E-state index is -0.500. The molecule has 0 radical (unpaired) electrons. The lowest BCUT2D eigenvalue weighted by Crippen LogP contribution is -2.24. The first-order valence-electron chi connectivity index (χ1n) is 8.94. The molecule has 0 spiro atoms. The van der Waals surface area contributed by atoms with Crippen molar-refractivity contribution in [2.75, 3.05) is 20.8 Å². The Kier molecular flexibility index (Phi) is 8.02. The Hall–Kier alpha value is -3.55. The van der Waals surface area contributed by atoms with Gasteiger partial charge in [-0.25, -0.2) is 5.43 Å². The lowest BCUT2D eigenvalue weighted by molar-refractivity contribution is -0.132. The number of hydrazone groups is 1. The molecule has 8 nitrogen and oxygen atoms in total. The van der Waals surface area contributed by atoms with Crippen LogP contribution >= 0.6 is 0 Å². The molecule has 0 aliphatic heterocycles. The van der Waals surface area contributed by atoms with Crippen LogP contribution < -0.4 is 24.4 Å². The highest BCUT2D eigenvalue weighted by Crippen LogP contribution is 2.38.